The van der Waals surface area contributed by atoms with E-state index in [0.717, 1.165) is 11.3 Å². The van der Waals surface area contributed by atoms with Gasteiger partial charge in [0.1, 0.15) is 0 Å². The lowest BCUT2D eigenvalue weighted by molar-refractivity contribution is -0.142. The number of benzene rings is 1. The summed E-state index contributed by atoms with van der Waals surface area (Å²) in [6, 6.07) is 9.69. The van der Waals surface area contributed by atoms with Gasteiger partial charge in [-0.1, -0.05) is 37.3 Å². The van der Waals surface area contributed by atoms with Gasteiger partial charge in [0.15, 0.2) is 0 Å². The summed E-state index contributed by atoms with van der Waals surface area (Å²) in [5, 5.41) is 13.7. The Morgan fingerprint density at radius 3 is 2.60 bits per heavy atom. The molecule has 0 bridgehead atoms. The van der Waals surface area contributed by atoms with Gasteiger partial charge in [0, 0.05) is 12.6 Å². The smallest absolute Gasteiger partial charge is 0.308 e. The zero-order chi connectivity index (χ0) is 18.0. The number of hydrogen-bond donors (Lipinski definition) is 1. The third kappa shape index (κ3) is 3.29. The van der Waals surface area contributed by atoms with E-state index in [1.54, 1.807) is 11.1 Å². The van der Waals surface area contributed by atoms with Gasteiger partial charge in [-0.2, -0.15) is 5.10 Å². The number of hydrogen-bond acceptors (Lipinski definition) is 3. The van der Waals surface area contributed by atoms with Crippen LogP contribution in [0, 0.1) is 5.92 Å². The molecule has 1 aromatic heterocycles. The molecular formula is C19H23N3O3. The highest BCUT2D eigenvalue weighted by Crippen LogP contribution is 2.27. The topological polar surface area (TPSA) is 75.4 Å². The fourth-order valence-corrected chi connectivity index (χ4v) is 3.57. The Bertz CT molecular complexity index is 769. The summed E-state index contributed by atoms with van der Waals surface area (Å²) in [5.74, 6) is -1.45. The molecule has 0 spiro atoms. The van der Waals surface area contributed by atoms with Crippen LogP contribution in [-0.4, -0.2) is 44.3 Å². The number of aromatic nitrogens is 2. The van der Waals surface area contributed by atoms with E-state index in [1.165, 1.54) is 0 Å². The SMILES string of the molecule is CCc1c(C(=O)N2CCC(C(=O)O)C2C)cnn1Cc1ccccc1. The summed E-state index contributed by atoms with van der Waals surface area (Å²) in [5.41, 5.74) is 2.59. The first-order valence-corrected chi connectivity index (χ1v) is 8.65. The van der Waals surface area contributed by atoms with Crippen LogP contribution in [0.3, 0.4) is 0 Å². The van der Waals surface area contributed by atoms with Crippen molar-refractivity contribution in [3.05, 3.63) is 53.3 Å². The molecule has 0 aliphatic carbocycles. The Labute approximate surface area is 147 Å². The predicted molar refractivity (Wildman–Crippen MR) is 93.4 cm³/mol. The van der Waals surface area contributed by atoms with Gasteiger partial charge in [-0.25, -0.2) is 0 Å². The third-order valence-corrected chi connectivity index (χ3v) is 5.02. The highest BCUT2D eigenvalue weighted by atomic mass is 16.4. The van der Waals surface area contributed by atoms with E-state index in [9.17, 15) is 14.7 Å². The molecule has 0 saturated carbocycles. The number of likely N-dealkylation sites (tertiary alicyclic amines) is 1. The van der Waals surface area contributed by atoms with Crippen LogP contribution in [0.1, 0.15) is 41.9 Å². The van der Waals surface area contributed by atoms with E-state index in [1.807, 2.05) is 48.9 Å². The number of carbonyl (C=O) groups excluding carboxylic acids is 1. The number of nitrogens with zero attached hydrogens (tertiary/aromatic N) is 3. The Morgan fingerprint density at radius 1 is 1.28 bits per heavy atom. The molecule has 2 heterocycles. The molecule has 1 aromatic carbocycles. The van der Waals surface area contributed by atoms with Crippen molar-refractivity contribution in [2.75, 3.05) is 6.54 Å². The molecule has 1 aliphatic rings. The number of carbonyl (C=O) groups is 2. The molecule has 1 amide bonds. The molecule has 2 unspecified atom stereocenters. The second kappa shape index (κ2) is 7.09. The molecule has 1 fully saturated rings. The summed E-state index contributed by atoms with van der Waals surface area (Å²) in [7, 11) is 0. The first-order chi connectivity index (χ1) is 12.0. The number of carboxylic acids is 1. The van der Waals surface area contributed by atoms with Gasteiger partial charge in [-0.05, 0) is 25.3 Å². The molecule has 6 nitrogen and oxygen atoms in total. The summed E-state index contributed by atoms with van der Waals surface area (Å²) in [4.78, 5) is 25.9. The molecule has 2 aromatic rings. The Hall–Kier alpha value is -2.63. The van der Waals surface area contributed by atoms with Crippen LogP contribution in [0.15, 0.2) is 36.5 Å². The average molecular weight is 341 g/mol. The first kappa shape index (κ1) is 17.2. The highest BCUT2D eigenvalue weighted by Gasteiger charge is 2.39. The van der Waals surface area contributed by atoms with E-state index >= 15 is 0 Å². The van der Waals surface area contributed by atoms with Crippen LogP contribution in [0.2, 0.25) is 0 Å². The van der Waals surface area contributed by atoms with Gasteiger partial charge in [0.05, 0.1) is 29.9 Å². The van der Waals surface area contributed by atoms with Crippen molar-refractivity contribution in [2.24, 2.45) is 5.92 Å². The van der Waals surface area contributed by atoms with Crippen molar-refractivity contribution in [3.8, 4) is 0 Å². The van der Waals surface area contributed by atoms with Crippen molar-refractivity contribution < 1.29 is 14.7 Å². The maximum Gasteiger partial charge on any atom is 0.308 e. The molecule has 132 valence electrons. The number of carboxylic acid groups (broad SMARTS) is 1. The van der Waals surface area contributed by atoms with E-state index in [-0.39, 0.29) is 11.9 Å². The zero-order valence-corrected chi connectivity index (χ0v) is 14.6. The quantitative estimate of drug-likeness (QED) is 0.906. The first-order valence-electron chi connectivity index (χ1n) is 8.65. The fourth-order valence-electron chi connectivity index (χ4n) is 3.57. The van der Waals surface area contributed by atoms with Crippen LogP contribution >= 0.6 is 0 Å². The van der Waals surface area contributed by atoms with Crippen LogP contribution in [0.4, 0.5) is 0 Å². The molecule has 6 heteroatoms. The predicted octanol–water partition coefficient (Wildman–Crippen LogP) is 2.43. The lowest BCUT2D eigenvalue weighted by Crippen LogP contribution is -2.38. The average Bonchev–Trinajstić information content (AvgIpc) is 3.18. The van der Waals surface area contributed by atoms with Crippen molar-refractivity contribution in [1.29, 1.82) is 0 Å². The van der Waals surface area contributed by atoms with Crippen molar-refractivity contribution in [2.45, 2.75) is 39.3 Å². The number of amides is 1. The summed E-state index contributed by atoms with van der Waals surface area (Å²) in [6.07, 6.45) is 2.81. The molecule has 25 heavy (non-hydrogen) atoms. The zero-order valence-electron chi connectivity index (χ0n) is 14.6. The molecular weight excluding hydrogens is 318 g/mol. The van der Waals surface area contributed by atoms with Crippen LogP contribution in [0.25, 0.3) is 0 Å². The molecule has 1 saturated heterocycles. The minimum Gasteiger partial charge on any atom is -0.481 e. The van der Waals surface area contributed by atoms with Crippen LogP contribution in [-0.2, 0) is 17.8 Å². The van der Waals surface area contributed by atoms with E-state index in [4.69, 9.17) is 0 Å². The summed E-state index contributed by atoms with van der Waals surface area (Å²) in [6.45, 7) is 4.90. The van der Waals surface area contributed by atoms with Crippen molar-refractivity contribution in [3.63, 3.8) is 0 Å². The molecule has 1 N–H and O–H groups in total. The van der Waals surface area contributed by atoms with E-state index in [0.29, 0.717) is 31.5 Å². The van der Waals surface area contributed by atoms with Gasteiger partial charge in [-0.3, -0.25) is 14.3 Å². The lowest BCUT2D eigenvalue weighted by atomic mass is 10.0. The second-order valence-corrected chi connectivity index (χ2v) is 6.47. The summed E-state index contributed by atoms with van der Waals surface area (Å²) < 4.78 is 1.86. The van der Waals surface area contributed by atoms with E-state index < -0.39 is 11.9 Å². The standard InChI is InChI=1S/C19H23N3O3/c1-3-17-16(11-20-22(17)12-14-7-5-4-6-8-14)18(23)21-10-9-15(13(21)2)19(24)25/h4-8,11,13,15H,3,9-10,12H2,1-2H3,(H,24,25). The molecule has 2 atom stereocenters. The maximum absolute atomic E-state index is 13.0. The lowest BCUT2D eigenvalue weighted by Gasteiger charge is -2.23. The molecule has 3 rings (SSSR count). The number of aliphatic carboxylic acids is 1. The van der Waals surface area contributed by atoms with Gasteiger partial charge < -0.3 is 10.0 Å². The largest absolute Gasteiger partial charge is 0.481 e. The van der Waals surface area contributed by atoms with Gasteiger partial charge in [0.2, 0.25) is 0 Å². The van der Waals surface area contributed by atoms with Gasteiger partial charge in [-0.15, -0.1) is 0 Å². The van der Waals surface area contributed by atoms with Crippen LogP contribution in [0.5, 0.6) is 0 Å². The number of rotatable bonds is 5. The normalized spacial score (nSPS) is 20.0. The summed E-state index contributed by atoms with van der Waals surface area (Å²) >= 11 is 0. The highest BCUT2D eigenvalue weighted by molar-refractivity contribution is 5.96. The Balaban J connectivity index is 1.83. The maximum atomic E-state index is 13.0. The fraction of sp³-hybridized carbons (Fsp3) is 0.421. The second-order valence-electron chi connectivity index (χ2n) is 6.47. The molecule has 1 aliphatic heterocycles. The Morgan fingerprint density at radius 2 is 2.00 bits per heavy atom. The van der Waals surface area contributed by atoms with Crippen molar-refractivity contribution in [1.82, 2.24) is 14.7 Å². The van der Waals surface area contributed by atoms with E-state index in [2.05, 4.69) is 5.10 Å². The minimum atomic E-state index is -0.835. The van der Waals surface area contributed by atoms with Crippen molar-refractivity contribution >= 4 is 11.9 Å². The Kier molecular flexibility index (Phi) is 4.88. The van der Waals surface area contributed by atoms with Gasteiger partial charge in [0.25, 0.3) is 5.91 Å². The monoisotopic (exact) mass is 341 g/mol. The molecule has 0 radical (unpaired) electrons. The van der Waals surface area contributed by atoms with Gasteiger partial charge >= 0.3 is 5.97 Å². The third-order valence-electron chi connectivity index (χ3n) is 5.02. The minimum absolute atomic E-state index is 0.118. The van der Waals surface area contributed by atoms with Crippen LogP contribution < -0.4 is 0 Å².